The van der Waals surface area contributed by atoms with Crippen LogP contribution in [0.15, 0.2) is 47.2 Å². The van der Waals surface area contributed by atoms with Crippen molar-refractivity contribution in [2.24, 2.45) is 5.92 Å². The first-order valence-corrected chi connectivity index (χ1v) is 10.9. The number of hydrogen-bond donors (Lipinski definition) is 2. The second kappa shape index (κ2) is 9.88. The summed E-state index contributed by atoms with van der Waals surface area (Å²) < 4.78 is 0. The summed E-state index contributed by atoms with van der Waals surface area (Å²) in [6, 6.07) is 13.2. The van der Waals surface area contributed by atoms with Crippen LogP contribution in [-0.2, 0) is 11.3 Å². The molecule has 28 heavy (non-hydrogen) atoms. The molecular formula is C22H29ClN2O2S. The van der Waals surface area contributed by atoms with E-state index in [1.54, 1.807) is 11.3 Å². The zero-order chi connectivity index (χ0) is 18.6. The third kappa shape index (κ3) is 5.35. The minimum absolute atomic E-state index is 0. The standard InChI is InChI=1S/C22H28N2O2S.ClH/c25-21(18-8-9-27-15-18)14-24(13-16-4-2-1-3-5-16)22(26)12-17-10-19-6-7-20(11-17)23-19;/h1-5,8-9,15,17,19-21,23,25H,6-7,10-14H2;1H. The Balaban J connectivity index is 0.00000225. The van der Waals surface area contributed by atoms with Crippen LogP contribution in [0.25, 0.3) is 0 Å². The Bertz CT molecular complexity index is 728. The number of hydrogen-bond acceptors (Lipinski definition) is 4. The van der Waals surface area contributed by atoms with Crippen molar-refractivity contribution >= 4 is 29.7 Å². The van der Waals surface area contributed by atoms with Crippen LogP contribution in [0.4, 0.5) is 0 Å². The molecule has 6 heteroatoms. The molecule has 1 aromatic carbocycles. The number of thiophene rings is 1. The third-order valence-corrected chi connectivity index (χ3v) is 6.63. The summed E-state index contributed by atoms with van der Waals surface area (Å²) in [6.07, 6.45) is 4.67. The summed E-state index contributed by atoms with van der Waals surface area (Å²) >= 11 is 1.57. The Morgan fingerprint density at radius 3 is 2.54 bits per heavy atom. The molecule has 4 rings (SSSR count). The van der Waals surface area contributed by atoms with E-state index in [1.807, 2.05) is 52.1 Å². The number of amides is 1. The number of carbonyl (C=O) groups excluding carboxylic acids is 1. The van der Waals surface area contributed by atoms with Gasteiger partial charge in [0.05, 0.1) is 12.6 Å². The van der Waals surface area contributed by atoms with Gasteiger partial charge in [0, 0.05) is 25.0 Å². The van der Waals surface area contributed by atoms with E-state index in [1.165, 1.54) is 12.8 Å². The van der Waals surface area contributed by atoms with Crippen LogP contribution in [0, 0.1) is 5.92 Å². The number of fused-ring (bicyclic) bond motifs is 2. The summed E-state index contributed by atoms with van der Waals surface area (Å²) in [5.74, 6) is 0.632. The summed E-state index contributed by atoms with van der Waals surface area (Å²) in [6.45, 7) is 0.904. The van der Waals surface area contributed by atoms with Gasteiger partial charge in [0.25, 0.3) is 0 Å². The molecular weight excluding hydrogens is 392 g/mol. The fourth-order valence-electron chi connectivity index (χ4n) is 4.55. The van der Waals surface area contributed by atoms with Crippen molar-refractivity contribution < 1.29 is 9.90 Å². The van der Waals surface area contributed by atoms with Gasteiger partial charge >= 0.3 is 0 Å². The molecule has 2 aliphatic rings. The summed E-state index contributed by atoms with van der Waals surface area (Å²) in [5.41, 5.74) is 2.00. The molecule has 3 unspecified atom stereocenters. The van der Waals surface area contributed by atoms with Crippen molar-refractivity contribution in [3.63, 3.8) is 0 Å². The molecule has 0 spiro atoms. The smallest absolute Gasteiger partial charge is 0.223 e. The number of carbonyl (C=O) groups is 1. The molecule has 2 bridgehead atoms. The monoisotopic (exact) mass is 420 g/mol. The number of aliphatic hydroxyl groups is 1. The molecule has 3 heterocycles. The van der Waals surface area contributed by atoms with E-state index in [0.29, 0.717) is 37.5 Å². The van der Waals surface area contributed by atoms with Gasteiger partial charge in [0.2, 0.25) is 5.91 Å². The minimum Gasteiger partial charge on any atom is -0.387 e. The van der Waals surface area contributed by atoms with E-state index in [4.69, 9.17) is 0 Å². The molecule has 1 aromatic heterocycles. The Morgan fingerprint density at radius 1 is 1.18 bits per heavy atom. The largest absolute Gasteiger partial charge is 0.387 e. The van der Waals surface area contributed by atoms with Crippen molar-refractivity contribution in [1.82, 2.24) is 10.2 Å². The van der Waals surface area contributed by atoms with Crippen molar-refractivity contribution in [2.75, 3.05) is 6.54 Å². The molecule has 3 atom stereocenters. The number of piperidine rings is 1. The number of benzene rings is 1. The maximum atomic E-state index is 13.2. The number of nitrogens with zero attached hydrogens (tertiary/aromatic N) is 1. The summed E-state index contributed by atoms with van der Waals surface area (Å²) in [4.78, 5) is 15.0. The van der Waals surface area contributed by atoms with E-state index >= 15 is 0 Å². The first-order chi connectivity index (χ1) is 13.2. The van der Waals surface area contributed by atoms with Crippen LogP contribution in [0.5, 0.6) is 0 Å². The molecule has 4 nitrogen and oxygen atoms in total. The highest BCUT2D eigenvalue weighted by atomic mass is 35.5. The van der Waals surface area contributed by atoms with Crippen LogP contribution in [0.3, 0.4) is 0 Å². The fraction of sp³-hybridized carbons (Fsp3) is 0.500. The maximum absolute atomic E-state index is 13.2. The fourth-order valence-corrected chi connectivity index (χ4v) is 5.26. The van der Waals surface area contributed by atoms with E-state index in [9.17, 15) is 9.90 Å². The van der Waals surface area contributed by atoms with Crippen LogP contribution in [-0.4, -0.2) is 34.5 Å². The summed E-state index contributed by atoms with van der Waals surface area (Å²) in [7, 11) is 0. The van der Waals surface area contributed by atoms with E-state index in [-0.39, 0.29) is 18.3 Å². The zero-order valence-corrected chi connectivity index (χ0v) is 17.6. The van der Waals surface area contributed by atoms with Gasteiger partial charge in [-0.25, -0.2) is 0 Å². The lowest BCUT2D eigenvalue weighted by atomic mass is 9.89. The van der Waals surface area contributed by atoms with Gasteiger partial charge < -0.3 is 15.3 Å². The van der Waals surface area contributed by atoms with Crippen molar-refractivity contribution in [3.05, 3.63) is 58.3 Å². The van der Waals surface area contributed by atoms with Gasteiger partial charge in [-0.3, -0.25) is 4.79 Å². The van der Waals surface area contributed by atoms with Crippen molar-refractivity contribution in [2.45, 2.75) is 56.8 Å². The molecule has 0 aliphatic carbocycles. The lowest BCUT2D eigenvalue weighted by Crippen LogP contribution is -2.41. The molecule has 2 aliphatic heterocycles. The minimum atomic E-state index is -0.631. The molecule has 0 saturated carbocycles. The SMILES string of the molecule is Cl.O=C(CC1CC2CCC(C1)N2)N(Cc1ccccc1)CC(O)c1ccsc1. The Morgan fingerprint density at radius 2 is 1.89 bits per heavy atom. The molecule has 2 aromatic rings. The number of halogens is 1. The predicted octanol–water partition coefficient (Wildman–Crippen LogP) is 4.15. The van der Waals surface area contributed by atoms with Crippen molar-refractivity contribution in [3.8, 4) is 0 Å². The van der Waals surface area contributed by atoms with E-state index in [2.05, 4.69) is 5.32 Å². The lowest BCUT2D eigenvalue weighted by Gasteiger charge is -2.31. The molecule has 0 radical (unpaired) electrons. The van der Waals surface area contributed by atoms with Gasteiger partial charge in [-0.2, -0.15) is 11.3 Å². The quantitative estimate of drug-likeness (QED) is 0.707. The third-order valence-electron chi connectivity index (χ3n) is 5.92. The van der Waals surface area contributed by atoms with E-state index in [0.717, 1.165) is 24.0 Å². The molecule has 152 valence electrons. The van der Waals surface area contributed by atoms with Gasteiger partial charge in [-0.1, -0.05) is 30.3 Å². The van der Waals surface area contributed by atoms with Gasteiger partial charge in [-0.05, 0) is 59.6 Å². The molecule has 2 N–H and O–H groups in total. The van der Waals surface area contributed by atoms with E-state index < -0.39 is 6.10 Å². The van der Waals surface area contributed by atoms with Crippen molar-refractivity contribution in [1.29, 1.82) is 0 Å². The zero-order valence-electron chi connectivity index (χ0n) is 16.0. The number of aliphatic hydroxyl groups excluding tert-OH is 1. The van der Waals surface area contributed by atoms with Gasteiger partial charge in [0.1, 0.15) is 0 Å². The second-order valence-electron chi connectivity index (χ2n) is 8.01. The van der Waals surface area contributed by atoms with Crippen LogP contribution in [0.2, 0.25) is 0 Å². The summed E-state index contributed by atoms with van der Waals surface area (Å²) in [5, 5.41) is 18.2. The van der Waals surface area contributed by atoms with Gasteiger partial charge in [-0.15, -0.1) is 12.4 Å². The molecule has 2 saturated heterocycles. The first kappa shape index (κ1) is 21.3. The highest BCUT2D eigenvalue weighted by Crippen LogP contribution is 2.33. The molecule has 2 fully saturated rings. The Labute approximate surface area is 177 Å². The molecule has 1 amide bonds. The highest BCUT2D eigenvalue weighted by Gasteiger charge is 2.35. The number of rotatable bonds is 7. The van der Waals surface area contributed by atoms with Crippen LogP contribution in [0.1, 0.15) is 49.3 Å². The topological polar surface area (TPSA) is 52.6 Å². The highest BCUT2D eigenvalue weighted by molar-refractivity contribution is 7.07. The van der Waals surface area contributed by atoms with Crippen LogP contribution >= 0.6 is 23.7 Å². The Hall–Kier alpha value is -1.40. The average Bonchev–Trinajstić information content (AvgIpc) is 3.32. The maximum Gasteiger partial charge on any atom is 0.223 e. The normalized spacial score (nSPS) is 24.4. The second-order valence-corrected chi connectivity index (χ2v) is 8.79. The first-order valence-electron chi connectivity index (χ1n) is 9.95. The Kier molecular flexibility index (Phi) is 7.52. The average molecular weight is 421 g/mol. The number of nitrogens with one attached hydrogen (secondary N) is 1. The predicted molar refractivity (Wildman–Crippen MR) is 116 cm³/mol. The lowest BCUT2D eigenvalue weighted by molar-refractivity contribution is -0.134. The van der Waals surface area contributed by atoms with Gasteiger partial charge in [0.15, 0.2) is 0 Å². The van der Waals surface area contributed by atoms with Crippen LogP contribution < -0.4 is 5.32 Å².